The van der Waals surface area contributed by atoms with Crippen molar-refractivity contribution in [3.05, 3.63) is 75.5 Å². The van der Waals surface area contributed by atoms with Crippen molar-refractivity contribution in [3.63, 3.8) is 0 Å². The van der Waals surface area contributed by atoms with Gasteiger partial charge in [0.25, 0.3) is 5.91 Å². The van der Waals surface area contributed by atoms with Crippen LogP contribution >= 0.6 is 11.3 Å². The Bertz CT molecular complexity index is 1060. The first-order chi connectivity index (χ1) is 16.0. The van der Waals surface area contributed by atoms with Crippen molar-refractivity contribution in [1.82, 2.24) is 15.2 Å². The summed E-state index contributed by atoms with van der Waals surface area (Å²) in [6, 6.07) is 12.6. The molecule has 6 nitrogen and oxygen atoms in total. The van der Waals surface area contributed by atoms with Crippen LogP contribution in [-0.2, 0) is 19.5 Å². The first-order valence-electron chi connectivity index (χ1n) is 10.9. The summed E-state index contributed by atoms with van der Waals surface area (Å²) in [7, 11) is 3.22. The summed E-state index contributed by atoms with van der Waals surface area (Å²) in [6.45, 7) is 4.27. The molecule has 2 aromatic carbocycles. The van der Waals surface area contributed by atoms with Crippen LogP contribution in [0.1, 0.15) is 40.0 Å². The average molecular weight is 472 g/mol. The van der Waals surface area contributed by atoms with Crippen molar-refractivity contribution in [3.8, 4) is 11.5 Å². The molecule has 1 aromatic heterocycles. The van der Waals surface area contributed by atoms with Crippen LogP contribution < -0.4 is 14.8 Å². The molecule has 0 saturated heterocycles. The van der Waals surface area contributed by atoms with Crippen LogP contribution in [0.25, 0.3) is 0 Å². The van der Waals surface area contributed by atoms with Crippen molar-refractivity contribution in [2.45, 2.75) is 32.9 Å². The van der Waals surface area contributed by atoms with Gasteiger partial charge >= 0.3 is 0 Å². The summed E-state index contributed by atoms with van der Waals surface area (Å²) in [5.74, 6) is 0.970. The van der Waals surface area contributed by atoms with Crippen LogP contribution in [0, 0.1) is 5.82 Å². The summed E-state index contributed by atoms with van der Waals surface area (Å²) in [5, 5.41) is 5.44. The van der Waals surface area contributed by atoms with Gasteiger partial charge < -0.3 is 14.8 Å². The molecule has 3 aromatic rings. The molecule has 0 aliphatic heterocycles. The molecule has 1 heterocycles. The topological polar surface area (TPSA) is 63.7 Å². The molecule has 1 amide bonds. The minimum absolute atomic E-state index is 0.162. The SMILES string of the molecule is CCCNC(=O)c1csc(CN(CCc2ccc(OC)c(OC)c2)Cc2ccccc2F)n1. The van der Waals surface area contributed by atoms with Crippen molar-refractivity contribution in [2.75, 3.05) is 27.3 Å². The highest BCUT2D eigenvalue weighted by Gasteiger charge is 2.15. The molecule has 0 fully saturated rings. The summed E-state index contributed by atoms with van der Waals surface area (Å²) in [4.78, 5) is 18.9. The Morgan fingerprint density at radius 2 is 1.91 bits per heavy atom. The van der Waals surface area contributed by atoms with Gasteiger partial charge in [0.1, 0.15) is 16.5 Å². The summed E-state index contributed by atoms with van der Waals surface area (Å²) >= 11 is 1.44. The number of rotatable bonds is 12. The minimum Gasteiger partial charge on any atom is -0.493 e. The molecule has 0 unspecified atom stereocenters. The van der Waals surface area contributed by atoms with E-state index in [1.807, 2.05) is 31.2 Å². The summed E-state index contributed by atoms with van der Waals surface area (Å²) < 4.78 is 25.1. The van der Waals surface area contributed by atoms with E-state index in [1.165, 1.54) is 17.4 Å². The number of benzene rings is 2. The number of nitrogens with zero attached hydrogens (tertiary/aromatic N) is 2. The highest BCUT2D eigenvalue weighted by molar-refractivity contribution is 7.09. The first kappa shape index (κ1) is 24.7. The average Bonchev–Trinajstić information content (AvgIpc) is 3.30. The van der Waals surface area contributed by atoms with Gasteiger partial charge in [0.05, 0.1) is 20.8 Å². The largest absolute Gasteiger partial charge is 0.493 e. The van der Waals surface area contributed by atoms with Gasteiger partial charge in [0.15, 0.2) is 11.5 Å². The predicted molar refractivity (Wildman–Crippen MR) is 129 cm³/mol. The number of carbonyl (C=O) groups excluding carboxylic acids is 1. The molecule has 0 radical (unpaired) electrons. The fraction of sp³-hybridized carbons (Fsp3) is 0.360. The number of hydrogen-bond acceptors (Lipinski definition) is 6. The second kappa shape index (κ2) is 12.3. The standard InChI is InChI=1S/C25H30FN3O3S/c1-4-12-27-25(30)21-17-33-24(28-21)16-29(15-19-7-5-6-8-20(19)26)13-11-18-9-10-22(31-2)23(14-18)32-3/h5-10,14,17H,4,11-13,15-16H2,1-3H3,(H,27,30). The fourth-order valence-electron chi connectivity index (χ4n) is 3.41. The van der Waals surface area contributed by atoms with Crippen molar-refractivity contribution in [1.29, 1.82) is 0 Å². The Kier molecular flexibility index (Phi) is 9.21. The number of methoxy groups -OCH3 is 2. The van der Waals surface area contributed by atoms with E-state index < -0.39 is 0 Å². The number of halogens is 1. The van der Waals surface area contributed by atoms with E-state index in [0.29, 0.717) is 48.9 Å². The molecule has 0 aliphatic rings. The van der Waals surface area contributed by atoms with Crippen LogP contribution in [0.5, 0.6) is 11.5 Å². The van der Waals surface area contributed by atoms with Crippen LogP contribution in [-0.4, -0.2) is 43.1 Å². The molecule has 0 bridgehead atoms. The Balaban J connectivity index is 1.73. The Morgan fingerprint density at radius 3 is 2.64 bits per heavy atom. The smallest absolute Gasteiger partial charge is 0.270 e. The maximum Gasteiger partial charge on any atom is 0.270 e. The summed E-state index contributed by atoms with van der Waals surface area (Å²) in [6.07, 6.45) is 1.61. The van der Waals surface area contributed by atoms with Crippen LogP contribution in [0.15, 0.2) is 47.8 Å². The zero-order chi connectivity index (χ0) is 23.6. The van der Waals surface area contributed by atoms with E-state index in [2.05, 4.69) is 15.2 Å². The molecular weight excluding hydrogens is 441 g/mol. The monoisotopic (exact) mass is 471 g/mol. The van der Waals surface area contributed by atoms with E-state index >= 15 is 0 Å². The molecule has 3 rings (SSSR count). The number of amides is 1. The maximum atomic E-state index is 14.3. The Labute approximate surface area is 198 Å². The number of hydrogen-bond donors (Lipinski definition) is 1. The lowest BCUT2D eigenvalue weighted by Gasteiger charge is -2.22. The van der Waals surface area contributed by atoms with Gasteiger partial charge in [-0.1, -0.05) is 31.2 Å². The van der Waals surface area contributed by atoms with E-state index in [0.717, 1.165) is 23.4 Å². The molecule has 0 aliphatic carbocycles. The van der Waals surface area contributed by atoms with Crippen LogP contribution in [0.3, 0.4) is 0 Å². The van der Waals surface area contributed by atoms with Gasteiger partial charge in [-0.15, -0.1) is 11.3 Å². The second-order valence-electron chi connectivity index (χ2n) is 7.62. The third-order valence-electron chi connectivity index (χ3n) is 5.20. The molecule has 176 valence electrons. The van der Waals surface area contributed by atoms with E-state index in [-0.39, 0.29) is 11.7 Å². The molecule has 33 heavy (non-hydrogen) atoms. The van der Waals surface area contributed by atoms with E-state index in [4.69, 9.17) is 9.47 Å². The normalized spacial score (nSPS) is 10.9. The third-order valence-corrected chi connectivity index (χ3v) is 6.03. The van der Waals surface area contributed by atoms with Crippen LogP contribution in [0.4, 0.5) is 4.39 Å². The second-order valence-corrected chi connectivity index (χ2v) is 8.57. The summed E-state index contributed by atoms with van der Waals surface area (Å²) in [5.41, 5.74) is 2.14. The number of aromatic nitrogens is 1. The Morgan fingerprint density at radius 1 is 1.12 bits per heavy atom. The predicted octanol–water partition coefficient (Wildman–Crippen LogP) is 4.68. The van der Waals surface area contributed by atoms with Crippen LogP contribution in [0.2, 0.25) is 0 Å². The lowest BCUT2D eigenvalue weighted by Crippen LogP contribution is -2.26. The zero-order valence-electron chi connectivity index (χ0n) is 19.3. The number of thiazole rings is 1. The first-order valence-corrected chi connectivity index (χ1v) is 11.8. The molecule has 8 heteroatoms. The van der Waals surface area contributed by atoms with Gasteiger partial charge in [0.2, 0.25) is 0 Å². The van der Waals surface area contributed by atoms with Gasteiger partial charge in [0, 0.05) is 30.6 Å². The molecule has 0 spiro atoms. The zero-order valence-corrected chi connectivity index (χ0v) is 20.1. The highest BCUT2D eigenvalue weighted by atomic mass is 32.1. The number of ether oxygens (including phenoxy) is 2. The Hall–Kier alpha value is -2.97. The fourth-order valence-corrected chi connectivity index (χ4v) is 4.23. The molecule has 0 atom stereocenters. The molecule has 1 N–H and O–H groups in total. The van der Waals surface area contributed by atoms with E-state index in [1.54, 1.807) is 31.7 Å². The van der Waals surface area contributed by atoms with Gasteiger partial charge in [-0.05, 0) is 36.6 Å². The molecular formula is C25H30FN3O3S. The van der Waals surface area contributed by atoms with E-state index in [9.17, 15) is 9.18 Å². The maximum absolute atomic E-state index is 14.3. The van der Waals surface area contributed by atoms with Gasteiger partial charge in [-0.3, -0.25) is 9.69 Å². The van der Waals surface area contributed by atoms with Crippen molar-refractivity contribution >= 4 is 17.2 Å². The lowest BCUT2D eigenvalue weighted by molar-refractivity contribution is 0.0949. The third kappa shape index (κ3) is 7.00. The van der Waals surface area contributed by atoms with Gasteiger partial charge in [-0.2, -0.15) is 0 Å². The molecule has 0 saturated carbocycles. The highest BCUT2D eigenvalue weighted by Crippen LogP contribution is 2.28. The number of nitrogens with one attached hydrogen (secondary N) is 1. The number of carbonyl (C=O) groups is 1. The van der Waals surface area contributed by atoms with Crippen molar-refractivity contribution in [2.24, 2.45) is 0 Å². The van der Waals surface area contributed by atoms with Gasteiger partial charge in [-0.25, -0.2) is 9.37 Å². The minimum atomic E-state index is -0.229. The van der Waals surface area contributed by atoms with Crippen molar-refractivity contribution < 1.29 is 18.7 Å². The lowest BCUT2D eigenvalue weighted by atomic mass is 10.1. The quantitative estimate of drug-likeness (QED) is 0.415.